The molecule has 1 aliphatic heterocycles. The predicted molar refractivity (Wildman–Crippen MR) is 106 cm³/mol. The van der Waals surface area contributed by atoms with Crippen molar-refractivity contribution < 1.29 is 9.59 Å². The summed E-state index contributed by atoms with van der Waals surface area (Å²) in [7, 11) is 0. The Morgan fingerprint density at radius 3 is 2.15 bits per heavy atom. The standard InChI is InChI=1S/C21H26N4O2/c1-14-11-15(2)20(16(3)12-14)23-18-5-6-22-19(13-18)21(27)25-9-7-24(8-10-25)17(4)26/h5-6,11-13H,7-10H2,1-4H3,(H,22,23). The molecule has 1 aromatic carbocycles. The van der Waals surface area contributed by atoms with Crippen LogP contribution in [0.4, 0.5) is 11.4 Å². The van der Waals surface area contributed by atoms with E-state index in [0.29, 0.717) is 31.9 Å². The van der Waals surface area contributed by atoms with Crippen molar-refractivity contribution >= 4 is 23.2 Å². The number of nitrogens with one attached hydrogen (secondary N) is 1. The zero-order valence-electron chi connectivity index (χ0n) is 16.4. The number of aryl methyl sites for hydroxylation is 3. The van der Waals surface area contributed by atoms with Crippen LogP contribution in [0, 0.1) is 20.8 Å². The van der Waals surface area contributed by atoms with Gasteiger partial charge in [0.15, 0.2) is 0 Å². The summed E-state index contributed by atoms with van der Waals surface area (Å²) in [6.07, 6.45) is 1.65. The van der Waals surface area contributed by atoms with Crippen LogP contribution >= 0.6 is 0 Å². The van der Waals surface area contributed by atoms with E-state index in [-0.39, 0.29) is 11.8 Å². The van der Waals surface area contributed by atoms with Crippen LogP contribution in [-0.2, 0) is 4.79 Å². The van der Waals surface area contributed by atoms with Crippen molar-refractivity contribution in [3.63, 3.8) is 0 Å². The third-order valence-electron chi connectivity index (χ3n) is 4.94. The van der Waals surface area contributed by atoms with Crippen LogP contribution in [0.25, 0.3) is 0 Å². The molecule has 0 atom stereocenters. The van der Waals surface area contributed by atoms with Crippen molar-refractivity contribution in [2.45, 2.75) is 27.7 Å². The molecule has 1 aliphatic rings. The number of aromatic nitrogens is 1. The average molecular weight is 366 g/mol. The van der Waals surface area contributed by atoms with Gasteiger partial charge in [-0.05, 0) is 44.0 Å². The maximum absolute atomic E-state index is 12.8. The highest BCUT2D eigenvalue weighted by atomic mass is 16.2. The highest BCUT2D eigenvalue weighted by Crippen LogP contribution is 2.26. The Hall–Kier alpha value is -2.89. The van der Waals surface area contributed by atoms with Gasteiger partial charge in [0.25, 0.3) is 5.91 Å². The van der Waals surface area contributed by atoms with E-state index in [2.05, 4.69) is 43.2 Å². The summed E-state index contributed by atoms with van der Waals surface area (Å²) in [5, 5.41) is 3.42. The molecule has 1 saturated heterocycles. The van der Waals surface area contributed by atoms with Gasteiger partial charge in [0, 0.05) is 50.7 Å². The van der Waals surface area contributed by atoms with Crippen molar-refractivity contribution in [2.24, 2.45) is 0 Å². The van der Waals surface area contributed by atoms with Crippen LogP contribution in [0.1, 0.15) is 34.1 Å². The second-order valence-corrected chi connectivity index (χ2v) is 7.13. The van der Waals surface area contributed by atoms with Crippen LogP contribution in [0.5, 0.6) is 0 Å². The Balaban J connectivity index is 1.74. The van der Waals surface area contributed by atoms with E-state index >= 15 is 0 Å². The second kappa shape index (κ2) is 7.78. The van der Waals surface area contributed by atoms with E-state index in [1.807, 2.05) is 6.07 Å². The third kappa shape index (κ3) is 4.27. The van der Waals surface area contributed by atoms with E-state index in [4.69, 9.17) is 0 Å². The molecule has 0 unspecified atom stereocenters. The van der Waals surface area contributed by atoms with Gasteiger partial charge in [-0.15, -0.1) is 0 Å². The molecule has 0 saturated carbocycles. The summed E-state index contributed by atoms with van der Waals surface area (Å²) >= 11 is 0. The highest BCUT2D eigenvalue weighted by Gasteiger charge is 2.24. The fourth-order valence-electron chi connectivity index (χ4n) is 3.53. The summed E-state index contributed by atoms with van der Waals surface area (Å²) in [5.41, 5.74) is 5.87. The summed E-state index contributed by atoms with van der Waals surface area (Å²) in [6, 6.07) is 7.93. The number of hydrogen-bond donors (Lipinski definition) is 1. The number of pyridine rings is 1. The molecule has 1 N–H and O–H groups in total. The quantitative estimate of drug-likeness (QED) is 0.907. The van der Waals surface area contributed by atoms with Crippen LogP contribution in [-0.4, -0.2) is 52.8 Å². The van der Waals surface area contributed by atoms with E-state index in [9.17, 15) is 9.59 Å². The van der Waals surface area contributed by atoms with Gasteiger partial charge in [-0.2, -0.15) is 0 Å². The fourth-order valence-corrected chi connectivity index (χ4v) is 3.53. The van der Waals surface area contributed by atoms with E-state index in [1.165, 1.54) is 5.56 Å². The van der Waals surface area contributed by atoms with Gasteiger partial charge in [-0.1, -0.05) is 17.7 Å². The SMILES string of the molecule is CC(=O)N1CCN(C(=O)c2cc(Nc3c(C)cc(C)cc3C)ccn2)CC1. The number of nitrogens with zero attached hydrogens (tertiary/aromatic N) is 3. The van der Waals surface area contributed by atoms with Crippen molar-refractivity contribution in [1.82, 2.24) is 14.8 Å². The van der Waals surface area contributed by atoms with Gasteiger partial charge >= 0.3 is 0 Å². The molecule has 6 nitrogen and oxygen atoms in total. The molecule has 3 rings (SSSR count). The number of anilines is 2. The molecule has 27 heavy (non-hydrogen) atoms. The first kappa shape index (κ1) is 18.9. The number of amides is 2. The van der Waals surface area contributed by atoms with E-state index in [0.717, 1.165) is 22.5 Å². The van der Waals surface area contributed by atoms with Gasteiger partial charge in [0.2, 0.25) is 5.91 Å². The summed E-state index contributed by atoms with van der Waals surface area (Å²) in [4.78, 5) is 32.0. The number of piperazine rings is 1. The van der Waals surface area contributed by atoms with Crippen molar-refractivity contribution in [3.05, 3.63) is 52.8 Å². The molecule has 0 spiro atoms. The van der Waals surface area contributed by atoms with Crippen LogP contribution in [0.3, 0.4) is 0 Å². The fraction of sp³-hybridized carbons (Fsp3) is 0.381. The Morgan fingerprint density at radius 2 is 1.56 bits per heavy atom. The minimum atomic E-state index is -0.0980. The first-order valence-corrected chi connectivity index (χ1v) is 9.21. The topological polar surface area (TPSA) is 65.5 Å². The van der Waals surface area contributed by atoms with Gasteiger partial charge in [-0.25, -0.2) is 0 Å². The van der Waals surface area contributed by atoms with E-state index in [1.54, 1.807) is 29.0 Å². The zero-order valence-corrected chi connectivity index (χ0v) is 16.4. The molecule has 0 bridgehead atoms. The smallest absolute Gasteiger partial charge is 0.272 e. The Labute approximate surface area is 160 Å². The number of carbonyl (C=O) groups is 2. The minimum Gasteiger partial charge on any atom is -0.355 e. The van der Waals surface area contributed by atoms with Crippen molar-refractivity contribution in [1.29, 1.82) is 0 Å². The van der Waals surface area contributed by atoms with Crippen LogP contribution < -0.4 is 5.32 Å². The Morgan fingerprint density at radius 1 is 0.963 bits per heavy atom. The first-order valence-electron chi connectivity index (χ1n) is 9.21. The molecule has 0 radical (unpaired) electrons. The molecule has 1 aromatic heterocycles. The van der Waals surface area contributed by atoms with Gasteiger partial charge in [-0.3, -0.25) is 14.6 Å². The molecule has 2 aromatic rings. The van der Waals surface area contributed by atoms with Crippen LogP contribution in [0.2, 0.25) is 0 Å². The summed E-state index contributed by atoms with van der Waals surface area (Å²) < 4.78 is 0. The Kier molecular flexibility index (Phi) is 5.44. The minimum absolute atomic E-state index is 0.0512. The second-order valence-electron chi connectivity index (χ2n) is 7.13. The van der Waals surface area contributed by atoms with Gasteiger partial charge in [0.1, 0.15) is 5.69 Å². The van der Waals surface area contributed by atoms with E-state index < -0.39 is 0 Å². The van der Waals surface area contributed by atoms with Crippen molar-refractivity contribution in [2.75, 3.05) is 31.5 Å². The maximum Gasteiger partial charge on any atom is 0.272 e. The molecule has 2 amide bonds. The van der Waals surface area contributed by atoms with Crippen LogP contribution in [0.15, 0.2) is 30.5 Å². The number of benzene rings is 1. The number of rotatable bonds is 3. The molecular formula is C21H26N4O2. The number of carbonyl (C=O) groups excluding carboxylic acids is 2. The predicted octanol–water partition coefficient (Wildman–Crippen LogP) is 3.05. The lowest BCUT2D eigenvalue weighted by Crippen LogP contribution is -2.50. The molecule has 1 fully saturated rings. The highest BCUT2D eigenvalue weighted by molar-refractivity contribution is 5.93. The molecule has 0 aliphatic carbocycles. The lowest BCUT2D eigenvalue weighted by molar-refractivity contribution is -0.130. The third-order valence-corrected chi connectivity index (χ3v) is 4.94. The normalized spacial score (nSPS) is 14.2. The lowest BCUT2D eigenvalue weighted by Gasteiger charge is -2.34. The Bertz CT molecular complexity index is 847. The molecule has 6 heteroatoms. The largest absolute Gasteiger partial charge is 0.355 e. The monoisotopic (exact) mass is 366 g/mol. The van der Waals surface area contributed by atoms with Gasteiger partial charge < -0.3 is 15.1 Å². The maximum atomic E-state index is 12.8. The van der Waals surface area contributed by atoms with Crippen molar-refractivity contribution in [3.8, 4) is 0 Å². The number of hydrogen-bond acceptors (Lipinski definition) is 4. The average Bonchev–Trinajstić information content (AvgIpc) is 2.64. The zero-order chi connectivity index (χ0) is 19.6. The lowest BCUT2D eigenvalue weighted by atomic mass is 10.0. The summed E-state index contributed by atoms with van der Waals surface area (Å²) in [5.74, 6) is -0.0468. The van der Waals surface area contributed by atoms with Gasteiger partial charge in [0.05, 0.1) is 0 Å². The summed E-state index contributed by atoms with van der Waals surface area (Å²) in [6.45, 7) is 10.00. The first-order chi connectivity index (χ1) is 12.8. The molecule has 142 valence electrons. The molecule has 2 heterocycles. The molecular weight excluding hydrogens is 340 g/mol.